The molecule has 3 rings (SSSR count). The Bertz CT molecular complexity index is 670. The summed E-state index contributed by atoms with van der Waals surface area (Å²) in [6, 6.07) is 0.190. The van der Waals surface area contributed by atoms with Gasteiger partial charge < -0.3 is 9.42 Å². The molecule has 1 aliphatic rings. The summed E-state index contributed by atoms with van der Waals surface area (Å²) in [5, 5.41) is 11.9. The van der Waals surface area contributed by atoms with Crippen LogP contribution in [0, 0.1) is 13.8 Å². The predicted molar refractivity (Wildman–Crippen MR) is 83.9 cm³/mol. The number of aromatic nitrogens is 4. The van der Waals surface area contributed by atoms with E-state index >= 15 is 0 Å². The highest BCUT2D eigenvalue weighted by Gasteiger charge is 2.39. The molecule has 7 nitrogen and oxygen atoms in total. The second-order valence-electron chi connectivity index (χ2n) is 6.75. The van der Waals surface area contributed by atoms with Gasteiger partial charge in [-0.05, 0) is 40.5 Å². The Morgan fingerprint density at radius 1 is 1.39 bits per heavy atom. The Morgan fingerprint density at radius 2 is 2.17 bits per heavy atom. The molecule has 3 heterocycles. The molecule has 0 bridgehead atoms. The molecule has 0 saturated carbocycles. The van der Waals surface area contributed by atoms with Gasteiger partial charge in [0.1, 0.15) is 5.76 Å². The Morgan fingerprint density at radius 3 is 2.78 bits per heavy atom. The third kappa shape index (κ3) is 2.75. The van der Waals surface area contributed by atoms with Gasteiger partial charge >= 0.3 is 0 Å². The minimum atomic E-state index is -0.654. The average Bonchev–Trinajstić information content (AvgIpc) is 3.17. The highest BCUT2D eigenvalue weighted by Crippen LogP contribution is 2.33. The number of carbonyl (C=O) groups excluding carboxylic acids is 1. The van der Waals surface area contributed by atoms with Crippen LogP contribution in [0.5, 0.6) is 0 Å². The SMILES string of the molecule is Cc1noc(C)c1C(C)(C)C(=O)N1CCCC(n2ccnn2)C1. The third-order valence-corrected chi connectivity index (χ3v) is 4.69. The maximum Gasteiger partial charge on any atom is 0.232 e. The van der Waals surface area contributed by atoms with E-state index in [-0.39, 0.29) is 11.9 Å². The first kappa shape index (κ1) is 15.7. The Balaban J connectivity index is 1.82. The Labute approximate surface area is 135 Å². The van der Waals surface area contributed by atoms with E-state index in [1.807, 2.05) is 43.5 Å². The molecule has 7 heteroatoms. The number of nitrogens with zero attached hydrogens (tertiary/aromatic N) is 5. The van der Waals surface area contributed by atoms with Crippen LogP contribution in [0.4, 0.5) is 0 Å². The van der Waals surface area contributed by atoms with Crippen LogP contribution in [0.1, 0.15) is 49.7 Å². The first-order chi connectivity index (χ1) is 10.9. The molecule has 1 saturated heterocycles. The van der Waals surface area contributed by atoms with Crippen LogP contribution in [-0.2, 0) is 10.2 Å². The maximum atomic E-state index is 13.1. The van der Waals surface area contributed by atoms with Crippen molar-refractivity contribution in [3.05, 3.63) is 29.4 Å². The van der Waals surface area contributed by atoms with Gasteiger partial charge in [-0.2, -0.15) is 0 Å². The molecule has 0 aliphatic carbocycles. The number of carbonyl (C=O) groups is 1. The van der Waals surface area contributed by atoms with E-state index in [0.717, 1.165) is 30.6 Å². The number of hydrogen-bond donors (Lipinski definition) is 0. The molecule has 2 aromatic heterocycles. The van der Waals surface area contributed by atoms with Crippen molar-refractivity contribution >= 4 is 5.91 Å². The number of aryl methyl sites for hydroxylation is 2. The lowest BCUT2D eigenvalue weighted by atomic mass is 9.81. The van der Waals surface area contributed by atoms with Gasteiger partial charge in [0.15, 0.2) is 0 Å². The standard InChI is InChI=1S/C16H23N5O2/c1-11-14(12(2)23-18-11)16(3,4)15(22)20-8-5-6-13(10-20)21-9-7-17-19-21/h7,9,13H,5-6,8,10H2,1-4H3. The van der Waals surface area contributed by atoms with Gasteiger partial charge in [-0.3, -0.25) is 4.79 Å². The lowest BCUT2D eigenvalue weighted by Gasteiger charge is -2.37. The van der Waals surface area contributed by atoms with E-state index in [2.05, 4.69) is 15.5 Å². The first-order valence-electron chi connectivity index (χ1n) is 7.99. The molecule has 0 spiro atoms. The molecule has 1 atom stereocenters. The van der Waals surface area contributed by atoms with Crippen molar-refractivity contribution in [1.82, 2.24) is 25.1 Å². The molecular weight excluding hydrogens is 294 g/mol. The molecular formula is C16H23N5O2. The summed E-state index contributed by atoms with van der Waals surface area (Å²) in [7, 11) is 0. The highest BCUT2D eigenvalue weighted by atomic mass is 16.5. The number of amides is 1. The quantitative estimate of drug-likeness (QED) is 0.865. The van der Waals surface area contributed by atoms with Crippen LogP contribution in [-0.4, -0.2) is 44.0 Å². The fourth-order valence-corrected chi connectivity index (χ4v) is 3.64. The molecule has 0 aromatic carbocycles. The van der Waals surface area contributed by atoms with Gasteiger partial charge in [-0.15, -0.1) is 5.10 Å². The van der Waals surface area contributed by atoms with Crippen molar-refractivity contribution in [3.63, 3.8) is 0 Å². The third-order valence-electron chi connectivity index (χ3n) is 4.69. The van der Waals surface area contributed by atoms with Gasteiger partial charge in [-0.25, -0.2) is 4.68 Å². The summed E-state index contributed by atoms with van der Waals surface area (Å²) in [5.74, 6) is 0.822. The summed E-state index contributed by atoms with van der Waals surface area (Å²) >= 11 is 0. The van der Waals surface area contributed by atoms with E-state index in [0.29, 0.717) is 12.3 Å². The molecule has 0 radical (unpaired) electrons. The highest BCUT2D eigenvalue weighted by molar-refractivity contribution is 5.88. The van der Waals surface area contributed by atoms with Crippen LogP contribution >= 0.6 is 0 Å². The fourth-order valence-electron chi connectivity index (χ4n) is 3.64. The van der Waals surface area contributed by atoms with Gasteiger partial charge in [0, 0.05) is 24.8 Å². The predicted octanol–water partition coefficient (Wildman–Crippen LogP) is 2.02. The Kier molecular flexibility index (Phi) is 3.95. The normalized spacial score (nSPS) is 19.1. The molecule has 23 heavy (non-hydrogen) atoms. The first-order valence-corrected chi connectivity index (χ1v) is 7.99. The summed E-state index contributed by atoms with van der Waals surface area (Å²) in [6.45, 7) is 9.07. The minimum Gasteiger partial charge on any atom is -0.361 e. The monoisotopic (exact) mass is 317 g/mol. The molecule has 2 aromatic rings. The van der Waals surface area contributed by atoms with Crippen molar-refractivity contribution in [2.45, 2.75) is 52.0 Å². The molecule has 0 N–H and O–H groups in total. The average molecular weight is 317 g/mol. The summed E-state index contributed by atoms with van der Waals surface area (Å²) in [6.07, 6.45) is 5.51. The zero-order valence-corrected chi connectivity index (χ0v) is 14.1. The number of likely N-dealkylation sites (tertiary alicyclic amines) is 1. The maximum absolute atomic E-state index is 13.1. The van der Waals surface area contributed by atoms with Crippen LogP contribution in [0.25, 0.3) is 0 Å². The smallest absolute Gasteiger partial charge is 0.232 e. The number of piperidine rings is 1. The lowest BCUT2D eigenvalue weighted by Crippen LogP contribution is -2.48. The van der Waals surface area contributed by atoms with Gasteiger partial charge in [0.2, 0.25) is 5.91 Å². The van der Waals surface area contributed by atoms with Gasteiger partial charge in [-0.1, -0.05) is 10.4 Å². The zero-order valence-electron chi connectivity index (χ0n) is 14.1. The second-order valence-corrected chi connectivity index (χ2v) is 6.75. The van der Waals surface area contributed by atoms with E-state index in [1.54, 1.807) is 6.20 Å². The largest absolute Gasteiger partial charge is 0.361 e. The van der Waals surface area contributed by atoms with E-state index in [4.69, 9.17) is 4.52 Å². The second kappa shape index (κ2) is 5.79. The topological polar surface area (TPSA) is 77.0 Å². The van der Waals surface area contributed by atoms with Crippen LogP contribution in [0.3, 0.4) is 0 Å². The van der Waals surface area contributed by atoms with Crippen LogP contribution < -0.4 is 0 Å². The minimum absolute atomic E-state index is 0.108. The summed E-state index contributed by atoms with van der Waals surface area (Å²) in [5.41, 5.74) is 1.02. The number of rotatable bonds is 3. The van der Waals surface area contributed by atoms with Crippen LogP contribution in [0.2, 0.25) is 0 Å². The van der Waals surface area contributed by atoms with Crippen molar-refractivity contribution in [2.24, 2.45) is 0 Å². The van der Waals surface area contributed by atoms with Crippen molar-refractivity contribution in [2.75, 3.05) is 13.1 Å². The summed E-state index contributed by atoms with van der Waals surface area (Å²) in [4.78, 5) is 15.1. The van der Waals surface area contributed by atoms with E-state index in [9.17, 15) is 4.79 Å². The molecule has 1 amide bonds. The van der Waals surface area contributed by atoms with Crippen molar-refractivity contribution in [3.8, 4) is 0 Å². The van der Waals surface area contributed by atoms with Gasteiger partial charge in [0.05, 0.1) is 23.3 Å². The molecule has 1 fully saturated rings. The van der Waals surface area contributed by atoms with E-state index < -0.39 is 5.41 Å². The Hall–Kier alpha value is -2.18. The lowest BCUT2D eigenvalue weighted by molar-refractivity contribution is -0.138. The molecule has 124 valence electrons. The number of hydrogen-bond acceptors (Lipinski definition) is 5. The summed E-state index contributed by atoms with van der Waals surface area (Å²) < 4.78 is 7.11. The van der Waals surface area contributed by atoms with Gasteiger partial charge in [0.25, 0.3) is 0 Å². The molecule has 1 aliphatic heterocycles. The zero-order chi connectivity index (χ0) is 16.6. The van der Waals surface area contributed by atoms with Crippen molar-refractivity contribution in [1.29, 1.82) is 0 Å². The van der Waals surface area contributed by atoms with Crippen molar-refractivity contribution < 1.29 is 9.32 Å². The van der Waals surface area contributed by atoms with Crippen LogP contribution in [0.15, 0.2) is 16.9 Å². The fraction of sp³-hybridized carbons (Fsp3) is 0.625. The van der Waals surface area contributed by atoms with E-state index in [1.165, 1.54) is 0 Å². The molecule has 1 unspecified atom stereocenters.